The topological polar surface area (TPSA) is 198 Å². The van der Waals surface area contributed by atoms with E-state index in [1.54, 1.807) is 0 Å². The Labute approximate surface area is 238 Å². The van der Waals surface area contributed by atoms with Crippen molar-refractivity contribution in [2.24, 2.45) is 0 Å². The van der Waals surface area contributed by atoms with Crippen LogP contribution >= 0.6 is 0 Å². The Hall–Kier alpha value is -4.03. The van der Waals surface area contributed by atoms with E-state index in [4.69, 9.17) is 4.74 Å². The van der Waals surface area contributed by atoms with Crippen molar-refractivity contribution in [1.29, 1.82) is 0 Å². The highest BCUT2D eigenvalue weighted by atomic mass is 32.2. The molecule has 0 radical (unpaired) electrons. The number of rotatable bonds is 9. The number of nitrogens with zero attached hydrogens (tertiary/aromatic N) is 7. The molecule has 1 aromatic carbocycles. The summed E-state index contributed by atoms with van der Waals surface area (Å²) in [4.78, 5) is 25.2. The number of aliphatic hydroxyl groups excluding tert-OH is 3. The van der Waals surface area contributed by atoms with E-state index in [0.717, 1.165) is 56.1 Å². The van der Waals surface area contributed by atoms with Gasteiger partial charge in [0.15, 0.2) is 23.2 Å². The lowest BCUT2D eigenvalue weighted by Crippen LogP contribution is -2.33. The summed E-state index contributed by atoms with van der Waals surface area (Å²) in [6, 6.07) is 4.15. The SMILES string of the molecule is O=CN(c1cnn(-c2nc(NC3CCCC3)c3ncn([C@@H]4O[C@H](CO)C(O)C4O)c3n2)c1)S(=O)(=O)c1ccc(F)cc1. The molecular formula is C25H27FN8O7S. The predicted molar refractivity (Wildman–Crippen MR) is 143 cm³/mol. The number of imidazole rings is 1. The van der Waals surface area contributed by atoms with Crippen LogP contribution in [0.3, 0.4) is 0 Å². The second-order valence-electron chi connectivity index (χ2n) is 10.1. The first-order valence-corrected chi connectivity index (χ1v) is 14.6. The molecule has 1 saturated heterocycles. The monoisotopic (exact) mass is 602 g/mol. The number of halogens is 1. The Balaban J connectivity index is 1.41. The van der Waals surface area contributed by atoms with Gasteiger partial charge in [-0.3, -0.25) is 9.36 Å². The van der Waals surface area contributed by atoms with E-state index in [0.29, 0.717) is 15.6 Å². The third-order valence-electron chi connectivity index (χ3n) is 7.39. The van der Waals surface area contributed by atoms with E-state index >= 15 is 0 Å². The molecule has 4 heterocycles. The maximum absolute atomic E-state index is 13.4. The number of carbonyl (C=O) groups excluding carboxylic acids is 1. The van der Waals surface area contributed by atoms with Crippen LogP contribution in [0.15, 0.2) is 47.9 Å². The van der Waals surface area contributed by atoms with Gasteiger partial charge in [-0.2, -0.15) is 15.1 Å². The average molecular weight is 603 g/mol. The molecular weight excluding hydrogens is 575 g/mol. The van der Waals surface area contributed by atoms with Gasteiger partial charge in [0.05, 0.1) is 35.9 Å². The van der Waals surface area contributed by atoms with Gasteiger partial charge >= 0.3 is 0 Å². The molecule has 17 heteroatoms. The number of hydrogen-bond donors (Lipinski definition) is 4. The highest BCUT2D eigenvalue weighted by Gasteiger charge is 2.44. The molecule has 0 bridgehead atoms. The molecule has 1 amide bonds. The molecule has 4 aromatic rings. The average Bonchev–Trinajstić information content (AvgIpc) is 3.78. The van der Waals surface area contributed by atoms with E-state index in [1.165, 1.54) is 21.8 Å². The molecule has 222 valence electrons. The number of nitrogens with one attached hydrogen (secondary N) is 1. The molecule has 4 atom stereocenters. The quantitative estimate of drug-likeness (QED) is 0.194. The summed E-state index contributed by atoms with van der Waals surface area (Å²) in [5.41, 5.74) is 0.433. The predicted octanol–water partition coefficient (Wildman–Crippen LogP) is 0.469. The fraction of sp³-hybridized carbons (Fsp3) is 0.400. The van der Waals surface area contributed by atoms with Gasteiger partial charge in [-0.1, -0.05) is 12.8 Å². The third-order valence-corrected chi connectivity index (χ3v) is 9.07. The summed E-state index contributed by atoms with van der Waals surface area (Å²) in [7, 11) is -4.39. The fourth-order valence-corrected chi connectivity index (χ4v) is 6.37. The Bertz CT molecular complexity index is 1710. The molecule has 15 nitrogen and oxygen atoms in total. The molecule has 2 aliphatic rings. The van der Waals surface area contributed by atoms with Crippen molar-refractivity contribution in [2.45, 2.75) is 61.2 Å². The Kier molecular flexibility index (Phi) is 7.36. The minimum absolute atomic E-state index is 0.0206. The highest BCUT2D eigenvalue weighted by molar-refractivity contribution is 7.93. The lowest BCUT2D eigenvalue weighted by molar-refractivity contribution is -0.106. The van der Waals surface area contributed by atoms with E-state index < -0.39 is 47.0 Å². The van der Waals surface area contributed by atoms with Gasteiger partial charge in [0, 0.05) is 6.04 Å². The summed E-state index contributed by atoms with van der Waals surface area (Å²) >= 11 is 0. The standard InChI is InChI=1S/C25H27FN8O7S/c26-14-5-7-17(8-6-14)42(39,40)34(13-36)16-9-28-33(10-16)25-30-22(29-15-3-1-2-4-15)19-23(31-25)32(12-27-19)24-21(38)20(37)18(11-35)41-24/h5-10,12-13,15,18,20-21,24,35,37-38H,1-4,11H2,(H,29,30,31)/t18-,20?,21?,24-/m1/s1. The molecule has 2 fully saturated rings. The van der Waals surface area contributed by atoms with Crippen LogP contribution in [-0.2, 0) is 19.6 Å². The largest absolute Gasteiger partial charge is 0.394 e. The summed E-state index contributed by atoms with van der Waals surface area (Å²) in [5, 5.41) is 38.0. The lowest BCUT2D eigenvalue weighted by atomic mass is 10.1. The minimum Gasteiger partial charge on any atom is -0.394 e. The van der Waals surface area contributed by atoms with Crippen molar-refractivity contribution in [3.8, 4) is 5.95 Å². The van der Waals surface area contributed by atoms with Gasteiger partial charge in [-0.15, -0.1) is 0 Å². The van der Waals surface area contributed by atoms with Crippen molar-refractivity contribution >= 4 is 39.1 Å². The number of ether oxygens (including phenoxy) is 1. The molecule has 1 aliphatic heterocycles. The van der Waals surface area contributed by atoms with Gasteiger partial charge in [-0.25, -0.2) is 26.8 Å². The molecule has 3 aromatic heterocycles. The van der Waals surface area contributed by atoms with Crippen LogP contribution < -0.4 is 9.62 Å². The number of benzene rings is 1. The first-order chi connectivity index (χ1) is 20.2. The number of aromatic nitrogens is 6. The maximum atomic E-state index is 13.4. The third kappa shape index (κ3) is 4.88. The zero-order valence-corrected chi connectivity index (χ0v) is 22.7. The number of anilines is 2. The van der Waals surface area contributed by atoms with E-state index in [1.807, 2.05) is 0 Å². The van der Waals surface area contributed by atoms with Gasteiger partial charge in [0.2, 0.25) is 6.41 Å². The second-order valence-corrected chi connectivity index (χ2v) is 11.9. The number of fused-ring (bicyclic) bond motifs is 1. The summed E-state index contributed by atoms with van der Waals surface area (Å²) in [6.45, 7) is -0.514. The molecule has 0 spiro atoms. The summed E-state index contributed by atoms with van der Waals surface area (Å²) < 4.78 is 48.3. The van der Waals surface area contributed by atoms with Crippen LogP contribution in [0, 0.1) is 5.82 Å². The number of sulfonamides is 1. The molecule has 1 saturated carbocycles. The molecule has 4 N–H and O–H groups in total. The lowest BCUT2D eigenvalue weighted by Gasteiger charge is -2.18. The maximum Gasteiger partial charge on any atom is 0.270 e. The Morgan fingerprint density at radius 3 is 2.55 bits per heavy atom. The molecule has 6 rings (SSSR count). The highest BCUT2D eigenvalue weighted by Crippen LogP contribution is 2.34. The Morgan fingerprint density at radius 2 is 1.88 bits per heavy atom. The zero-order chi connectivity index (χ0) is 29.6. The van der Waals surface area contributed by atoms with Crippen molar-refractivity contribution in [3.63, 3.8) is 0 Å². The molecule has 2 unspecified atom stereocenters. The van der Waals surface area contributed by atoms with Crippen molar-refractivity contribution in [3.05, 3.63) is 48.8 Å². The van der Waals surface area contributed by atoms with Crippen LogP contribution in [-0.4, -0.2) is 90.4 Å². The number of aliphatic hydroxyl groups is 3. The van der Waals surface area contributed by atoms with Crippen LogP contribution in [0.25, 0.3) is 17.1 Å². The van der Waals surface area contributed by atoms with Crippen molar-refractivity contribution in [1.82, 2.24) is 29.3 Å². The summed E-state index contributed by atoms with van der Waals surface area (Å²) in [5.74, 6) is -0.298. The Morgan fingerprint density at radius 1 is 1.14 bits per heavy atom. The van der Waals surface area contributed by atoms with Gasteiger partial charge in [0.1, 0.15) is 24.1 Å². The van der Waals surface area contributed by atoms with Gasteiger partial charge in [-0.05, 0) is 37.1 Å². The van der Waals surface area contributed by atoms with Crippen LogP contribution in [0.4, 0.5) is 15.9 Å². The first-order valence-electron chi connectivity index (χ1n) is 13.1. The van der Waals surface area contributed by atoms with E-state index in [-0.39, 0.29) is 34.6 Å². The van der Waals surface area contributed by atoms with Gasteiger partial charge in [0.25, 0.3) is 16.0 Å². The fourth-order valence-electron chi connectivity index (χ4n) is 5.18. The zero-order valence-electron chi connectivity index (χ0n) is 21.9. The van der Waals surface area contributed by atoms with Gasteiger partial charge < -0.3 is 25.4 Å². The normalized spacial score (nSPS) is 23.0. The van der Waals surface area contributed by atoms with E-state index in [9.17, 15) is 32.9 Å². The smallest absolute Gasteiger partial charge is 0.270 e. The van der Waals surface area contributed by atoms with Crippen LogP contribution in [0.1, 0.15) is 31.9 Å². The molecule has 1 aliphatic carbocycles. The number of amides is 1. The van der Waals surface area contributed by atoms with Crippen molar-refractivity contribution < 1.29 is 37.7 Å². The summed E-state index contributed by atoms with van der Waals surface area (Å²) in [6.07, 6.45) is 2.89. The second kappa shape index (κ2) is 11.0. The van der Waals surface area contributed by atoms with Crippen molar-refractivity contribution in [2.75, 3.05) is 16.2 Å². The minimum atomic E-state index is -4.39. The van der Waals surface area contributed by atoms with Crippen LogP contribution in [0.2, 0.25) is 0 Å². The number of carbonyl (C=O) groups is 1. The van der Waals surface area contributed by atoms with Crippen LogP contribution in [0.5, 0.6) is 0 Å². The first kappa shape index (κ1) is 28.1. The molecule has 42 heavy (non-hydrogen) atoms. The number of hydrogen-bond acceptors (Lipinski definition) is 12. The van der Waals surface area contributed by atoms with E-state index in [2.05, 4.69) is 25.4 Å².